The summed E-state index contributed by atoms with van der Waals surface area (Å²) < 4.78 is 26.6. The Kier molecular flexibility index (Phi) is 5.00. The summed E-state index contributed by atoms with van der Waals surface area (Å²) in [7, 11) is 0. The number of nitrogens with zero attached hydrogens (tertiary/aromatic N) is 1. The molecule has 1 atom stereocenters. The van der Waals surface area contributed by atoms with E-state index < -0.39 is 11.6 Å². The van der Waals surface area contributed by atoms with E-state index in [4.69, 9.17) is 0 Å². The Morgan fingerprint density at radius 1 is 1.14 bits per heavy atom. The third-order valence-corrected chi connectivity index (χ3v) is 5.38. The molecule has 28 heavy (non-hydrogen) atoms. The molecule has 0 aliphatic heterocycles. The standard InChI is InChI=1S/C21H17F2N3OS/c1-12(14-8-4-6-13-5-2-3-7-15(13)14)24-20(27)11-28-21-25-18-9-16(22)17(23)10-19(18)26-21/h2-10,12H,11H2,1H3,(H,24,27)(H,25,26). The highest BCUT2D eigenvalue weighted by Gasteiger charge is 2.14. The molecule has 4 aromatic rings. The van der Waals surface area contributed by atoms with E-state index in [0.29, 0.717) is 16.2 Å². The van der Waals surface area contributed by atoms with Gasteiger partial charge in [0.05, 0.1) is 22.8 Å². The smallest absolute Gasteiger partial charge is 0.230 e. The predicted molar refractivity (Wildman–Crippen MR) is 107 cm³/mol. The van der Waals surface area contributed by atoms with Crippen LogP contribution in [0.1, 0.15) is 18.5 Å². The van der Waals surface area contributed by atoms with Crippen LogP contribution in [0.15, 0.2) is 59.8 Å². The van der Waals surface area contributed by atoms with E-state index in [1.807, 2.05) is 49.4 Å². The molecule has 0 spiro atoms. The van der Waals surface area contributed by atoms with E-state index >= 15 is 0 Å². The molecule has 0 radical (unpaired) electrons. The number of hydrogen-bond donors (Lipinski definition) is 2. The van der Waals surface area contributed by atoms with Crippen molar-refractivity contribution in [3.63, 3.8) is 0 Å². The summed E-state index contributed by atoms with van der Waals surface area (Å²) in [5, 5.41) is 5.65. The number of nitrogens with one attached hydrogen (secondary N) is 2. The van der Waals surface area contributed by atoms with Crippen molar-refractivity contribution in [2.24, 2.45) is 0 Å². The Balaban J connectivity index is 1.43. The van der Waals surface area contributed by atoms with Gasteiger partial charge in [0, 0.05) is 12.1 Å². The lowest BCUT2D eigenvalue weighted by molar-refractivity contribution is -0.119. The number of hydrogen-bond acceptors (Lipinski definition) is 3. The zero-order valence-electron chi connectivity index (χ0n) is 15.0. The summed E-state index contributed by atoms with van der Waals surface area (Å²) in [6, 6.07) is 16.0. The molecule has 2 N–H and O–H groups in total. The van der Waals surface area contributed by atoms with Crippen molar-refractivity contribution in [1.29, 1.82) is 0 Å². The lowest BCUT2D eigenvalue weighted by atomic mass is 10.00. The average molecular weight is 397 g/mol. The van der Waals surface area contributed by atoms with Crippen molar-refractivity contribution < 1.29 is 13.6 Å². The van der Waals surface area contributed by atoms with Crippen LogP contribution in [0.5, 0.6) is 0 Å². The number of halogens is 2. The maximum absolute atomic E-state index is 13.3. The zero-order valence-corrected chi connectivity index (χ0v) is 15.8. The zero-order chi connectivity index (χ0) is 19.7. The number of H-pyrrole nitrogens is 1. The summed E-state index contributed by atoms with van der Waals surface area (Å²) in [5.41, 5.74) is 1.77. The van der Waals surface area contributed by atoms with Crippen molar-refractivity contribution in [1.82, 2.24) is 15.3 Å². The number of carbonyl (C=O) groups excluding carboxylic acids is 1. The summed E-state index contributed by atoms with van der Waals surface area (Å²) in [6.45, 7) is 1.94. The molecule has 4 nitrogen and oxygen atoms in total. The minimum atomic E-state index is -0.947. The monoisotopic (exact) mass is 397 g/mol. The molecular formula is C21H17F2N3OS. The van der Waals surface area contributed by atoms with E-state index in [-0.39, 0.29) is 17.7 Å². The molecule has 7 heteroatoms. The van der Waals surface area contributed by atoms with Crippen LogP contribution in [0.25, 0.3) is 21.8 Å². The Morgan fingerprint density at radius 2 is 1.89 bits per heavy atom. The predicted octanol–water partition coefficient (Wildman–Crippen LogP) is 4.96. The van der Waals surface area contributed by atoms with Gasteiger partial charge in [-0.05, 0) is 23.3 Å². The fourth-order valence-corrected chi connectivity index (χ4v) is 3.87. The molecule has 142 valence electrons. The molecule has 1 amide bonds. The highest BCUT2D eigenvalue weighted by Crippen LogP contribution is 2.25. The number of aromatic nitrogens is 2. The summed E-state index contributed by atoms with van der Waals surface area (Å²) in [4.78, 5) is 19.4. The first kappa shape index (κ1) is 18.4. The number of fused-ring (bicyclic) bond motifs is 2. The summed E-state index contributed by atoms with van der Waals surface area (Å²) in [6.07, 6.45) is 0. The van der Waals surface area contributed by atoms with Gasteiger partial charge in [0.15, 0.2) is 16.8 Å². The van der Waals surface area contributed by atoms with Gasteiger partial charge < -0.3 is 10.3 Å². The second kappa shape index (κ2) is 7.59. The van der Waals surface area contributed by atoms with Crippen LogP contribution < -0.4 is 5.32 Å². The van der Waals surface area contributed by atoms with Gasteiger partial charge in [0.2, 0.25) is 5.91 Å². The fraction of sp³-hybridized carbons (Fsp3) is 0.143. The lowest BCUT2D eigenvalue weighted by Gasteiger charge is -2.16. The largest absolute Gasteiger partial charge is 0.349 e. The van der Waals surface area contributed by atoms with Gasteiger partial charge in [-0.1, -0.05) is 54.2 Å². The van der Waals surface area contributed by atoms with E-state index in [9.17, 15) is 13.6 Å². The van der Waals surface area contributed by atoms with Gasteiger partial charge in [-0.2, -0.15) is 0 Å². The molecule has 3 aromatic carbocycles. The highest BCUT2D eigenvalue weighted by molar-refractivity contribution is 7.99. The SMILES string of the molecule is CC(NC(=O)CSc1nc2cc(F)c(F)cc2[nH]1)c1cccc2ccccc12. The molecule has 0 bridgehead atoms. The van der Waals surface area contributed by atoms with Gasteiger partial charge in [0.25, 0.3) is 0 Å². The van der Waals surface area contributed by atoms with Crippen LogP contribution in [0.3, 0.4) is 0 Å². The second-order valence-corrected chi connectivity index (χ2v) is 7.44. The van der Waals surface area contributed by atoms with E-state index in [0.717, 1.165) is 28.5 Å². The average Bonchev–Trinajstić information content (AvgIpc) is 3.07. The van der Waals surface area contributed by atoms with Crippen LogP contribution >= 0.6 is 11.8 Å². The Bertz CT molecular complexity index is 1130. The van der Waals surface area contributed by atoms with Crippen LogP contribution in [0.2, 0.25) is 0 Å². The van der Waals surface area contributed by atoms with Crippen molar-refractivity contribution in [3.8, 4) is 0 Å². The second-order valence-electron chi connectivity index (χ2n) is 6.47. The molecule has 1 aromatic heterocycles. The highest BCUT2D eigenvalue weighted by atomic mass is 32.2. The van der Waals surface area contributed by atoms with Gasteiger partial charge in [-0.3, -0.25) is 4.79 Å². The lowest BCUT2D eigenvalue weighted by Crippen LogP contribution is -2.28. The van der Waals surface area contributed by atoms with Crippen molar-refractivity contribution in [2.45, 2.75) is 18.1 Å². The summed E-state index contributed by atoms with van der Waals surface area (Å²) >= 11 is 1.18. The first-order chi connectivity index (χ1) is 13.5. The fourth-order valence-electron chi connectivity index (χ4n) is 3.17. The number of benzene rings is 3. The van der Waals surface area contributed by atoms with Crippen molar-refractivity contribution >= 4 is 39.5 Å². The van der Waals surface area contributed by atoms with Gasteiger partial charge >= 0.3 is 0 Å². The third-order valence-electron chi connectivity index (χ3n) is 4.51. The number of aromatic amines is 1. The third kappa shape index (κ3) is 3.71. The molecule has 1 unspecified atom stereocenters. The molecule has 0 fully saturated rings. The molecule has 0 aliphatic rings. The summed E-state index contributed by atoms with van der Waals surface area (Å²) in [5.74, 6) is -1.89. The Hall–Kier alpha value is -2.93. The van der Waals surface area contributed by atoms with Crippen LogP contribution in [-0.4, -0.2) is 21.6 Å². The first-order valence-electron chi connectivity index (χ1n) is 8.76. The van der Waals surface area contributed by atoms with Gasteiger partial charge in [-0.25, -0.2) is 13.8 Å². The molecular weight excluding hydrogens is 380 g/mol. The van der Waals surface area contributed by atoms with E-state index in [1.165, 1.54) is 11.8 Å². The van der Waals surface area contributed by atoms with Gasteiger partial charge in [-0.15, -0.1) is 0 Å². The molecule has 4 rings (SSSR count). The number of imidazole rings is 1. The van der Waals surface area contributed by atoms with Crippen LogP contribution in [0.4, 0.5) is 8.78 Å². The van der Waals surface area contributed by atoms with Crippen LogP contribution in [-0.2, 0) is 4.79 Å². The van der Waals surface area contributed by atoms with Crippen molar-refractivity contribution in [2.75, 3.05) is 5.75 Å². The normalized spacial score (nSPS) is 12.4. The van der Waals surface area contributed by atoms with Gasteiger partial charge in [0.1, 0.15) is 0 Å². The minimum Gasteiger partial charge on any atom is -0.349 e. The number of thioether (sulfide) groups is 1. The Labute approximate surface area is 164 Å². The van der Waals surface area contributed by atoms with E-state index in [1.54, 1.807) is 0 Å². The first-order valence-corrected chi connectivity index (χ1v) is 9.74. The molecule has 0 saturated heterocycles. The number of carbonyl (C=O) groups is 1. The molecule has 0 aliphatic carbocycles. The number of amides is 1. The Morgan fingerprint density at radius 3 is 2.75 bits per heavy atom. The molecule has 0 saturated carbocycles. The quantitative estimate of drug-likeness (QED) is 0.468. The topological polar surface area (TPSA) is 57.8 Å². The van der Waals surface area contributed by atoms with Crippen molar-refractivity contribution in [3.05, 3.63) is 71.8 Å². The van der Waals surface area contributed by atoms with E-state index in [2.05, 4.69) is 15.3 Å². The number of rotatable bonds is 5. The van der Waals surface area contributed by atoms with Crippen LogP contribution in [0, 0.1) is 11.6 Å². The maximum Gasteiger partial charge on any atom is 0.230 e. The molecule has 1 heterocycles. The minimum absolute atomic E-state index is 0.139. The maximum atomic E-state index is 13.3.